The lowest BCUT2D eigenvalue weighted by atomic mass is 10.1. The third kappa shape index (κ3) is 4.41. The summed E-state index contributed by atoms with van der Waals surface area (Å²) in [6.07, 6.45) is 3.59. The van der Waals surface area contributed by atoms with Gasteiger partial charge in [0, 0.05) is 33.9 Å². The number of halogens is 2. The van der Waals surface area contributed by atoms with Gasteiger partial charge in [0.1, 0.15) is 10.9 Å². The van der Waals surface area contributed by atoms with Gasteiger partial charge in [-0.25, -0.2) is 4.98 Å². The molecule has 0 unspecified atom stereocenters. The zero-order valence-electron chi connectivity index (χ0n) is 14.6. The Balaban J connectivity index is 2.07. The second-order valence-electron chi connectivity index (χ2n) is 6.23. The highest BCUT2D eigenvalue weighted by Crippen LogP contribution is 2.37. The molecule has 0 aliphatic heterocycles. The molecule has 0 radical (unpaired) electrons. The Kier molecular flexibility index (Phi) is 6.24. The molecule has 0 spiro atoms. The van der Waals surface area contributed by atoms with Crippen LogP contribution in [0.3, 0.4) is 0 Å². The summed E-state index contributed by atoms with van der Waals surface area (Å²) < 4.78 is 2.17. The van der Waals surface area contributed by atoms with Gasteiger partial charge in [-0.05, 0) is 41.8 Å². The molecule has 136 valence electrons. The zero-order valence-corrected chi connectivity index (χ0v) is 16.9. The molecule has 0 aliphatic rings. The first-order valence-electron chi connectivity index (χ1n) is 8.30. The molecule has 0 amide bonds. The Morgan fingerprint density at radius 2 is 1.77 bits per heavy atom. The van der Waals surface area contributed by atoms with Crippen LogP contribution in [-0.2, 0) is 13.1 Å². The van der Waals surface area contributed by atoms with E-state index in [2.05, 4.69) is 23.4 Å². The first-order chi connectivity index (χ1) is 12.5. The van der Waals surface area contributed by atoms with E-state index in [1.54, 1.807) is 30.2 Å². The highest BCUT2D eigenvalue weighted by Gasteiger charge is 2.20. The number of pyridine rings is 1. The predicted octanol–water partition coefficient (Wildman–Crippen LogP) is 5.37. The van der Waals surface area contributed by atoms with Gasteiger partial charge >= 0.3 is 0 Å². The molecule has 0 fully saturated rings. The fourth-order valence-corrected chi connectivity index (χ4v) is 4.59. The molecule has 7 heteroatoms. The smallest absolute Gasteiger partial charge is 0.124 e. The Labute approximate surface area is 167 Å². The summed E-state index contributed by atoms with van der Waals surface area (Å²) in [6, 6.07) is 9.55. The summed E-state index contributed by atoms with van der Waals surface area (Å²) in [7, 11) is 0. The van der Waals surface area contributed by atoms with E-state index in [1.807, 2.05) is 24.3 Å². The highest BCUT2D eigenvalue weighted by molar-refractivity contribution is 7.99. The Morgan fingerprint density at radius 1 is 1.12 bits per heavy atom. The standard InChI is InChI=1S/C19H20Cl2N4S/c1-12(2)18-19(26-16-8-14(20)7-15(21)9-16)25(17(10-22)24-18)11-13-3-5-23-6-4-13/h3-9,12H,10-11,22H2,1-2H3. The lowest BCUT2D eigenvalue weighted by Crippen LogP contribution is -2.10. The maximum atomic E-state index is 6.17. The molecule has 2 heterocycles. The molecule has 0 bridgehead atoms. The van der Waals surface area contributed by atoms with Crippen LogP contribution in [0.5, 0.6) is 0 Å². The number of nitrogens with zero attached hydrogens (tertiary/aromatic N) is 3. The molecule has 0 saturated heterocycles. The van der Waals surface area contributed by atoms with Crippen LogP contribution in [0.4, 0.5) is 0 Å². The minimum Gasteiger partial charge on any atom is -0.324 e. The van der Waals surface area contributed by atoms with Crippen molar-refractivity contribution >= 4 is 35.0 Å². The van der Waals surface area contributed by atoms with Crippen LogP contribution in [0.1, 0.15) is 36.8 Å². The average molecular weight is 407 g/mol. The van der Waals surface area contributed by atoms with E-state index in [4.69, 9.17) is 33.9 Å². The monoisotopic (exact) mass is 406 g/mol. The summed E-state index contributed by atoms with van der Waals surface area (Å²) in [5, 5.41) is 2.30. The van der Waals surface area contributed by atoms with Gasteiger partial charge in [-0.15, -0.1) is 0 Å². The molecule has 2 N–H and O–H groups in total. The first-order valence-corrected chi connectivity index (χ1v) is 9.87. The second-order valence-corrected chi connectivity index (χ2v) is 8.16. The van der Waals surface area contributed by atoms with E-state index >= 15 is 0 Å². The van der Waals surface area contributed by atoms with E-state index in [1.165, 1.54) is 0 Å². The number of imidazole rings is 1. The third-order valence-corrected chi connectivity index (χ3v) is 5.43. The average Bonchev–Trinajstić information content (AvgIpc) is 2.93. The summed E-state index contributed by atoms with van der Waals surface area (Å²) in [5.41, 5.74) is 8.16. The maximum Gasteiger partial charge on any atom is 0.124 e. The molecular weight excluding hydrogens is 387 g/mol. The second kappa shape index (κ2) is 8.44. The van der Waals surface area contributed by atoms with Crippen molar-refractivity contribution in [2.45, 2.75) is 42.8 Å². The van der Waals surface area contributed by atoms with Crippen molar-refractivity contribution in [3.63, 3.8) is 0 Å². The molecule has 3 rings (SSSR count). The number of hydrogen-bond donors (Lipinski definition) is 1. The number of nitrogens with two attached hydrogens (primary N) is 1. The fraction of sp³-hybridized carbons (Fsp3) is 0.263. The molecule has 4 nitrogen and oxygen atoms in total. The van der Waals surface area contributed by atoms with E-state index in [0.717, 1.165) is 27.0 Å². The Bertz CT molecular complexity index is 874. The molecule has 0 aliphatic carbocycles. The van der Waals surface area contributed by atoms with Gasteiger partial charge in [0.25, 0.3) is 0 Å². The topological polar surface area (TPSA) is 56.7 Å². The quantitative estimate of drug-likeness (QED) is 0.597. The van der Waals surface area contributed by atoms with Gasteiger partial charge in [0.2, 0.25) is 0 Å². The predicted molar refractivity (Wildman–Crippen MR) is 108 cm³/mol. The van der Waals surface area contributed by atoms with Crippen LogP contribution in [-0.4, -0.2) is 14.5 Å². The van der Waals surface area contributed by atoms with Crippen LogP contribution in [0.2, 0.25) is 10.0 Å². The Hall–Kier alpha value is -1.53. The van der Waals surface area contributed by atoms with Gasteiger partial charge in [0.05, 0.1) is 12.2 Å². The lowest BCUT2D eigenvalue weighted by Gasteiger charge is -2.13. The van der Waals surface area contributed by atoms with Gasteiger partial charge in [0.15, 0.2) is 0 Å². The SMILES string of the molecule is CC(C)c1nc(CN)n(Cc2ccncc2)c1Sc1cc(Cl)cc(Cl)c1. The van der Waals surface area contributed by atoms with Crippen molar-refractivity contribution in [1.82, 2.24) is 14.5 Å². The minimum absolute atomic E-state index is 0.274. The molecule has 1 aromatic carbocycles. The van der Waals surface area contributed by atoms with Gasteiger partial charge in [-0.3, -0.25) is 4.98 Å². The zero-order chi connectivity index (χ0) is 18.7. The molecule has 0 atom stereocenters. The number of hydrogen-bond acceptors (Lipinski definition) is 4. The molecular formula is C19H20Cl2N4S. The van der Waals surface area contributed by atoms with E-state index < -0.39 is 0 Å². The summed E-state index contributed by atoms with van der Waals surface area (Å²) >= 11 is 14.0. The summed E-state index contributed by atoms with van der Waals surface area (Å²) in [6.45, 7) is 5.33. The molecule has 0 saturated carbocycles. The van der Waals surface area contributed by atoms with Crippen molar-refractivity contribution < 1.29 is 0 Å². The molecule has 26 heavy (non-hydrogen) atoms. The maximum absolute atomic E-state index is 6.17. The first kappa shape index (κ1) is 19.2. The lowest BCUT2D eigenvalue weighted by molar-refractivity contribution is 0.668. The van der Waals surface area contributed by atoms with Crippen LogP contribution >= 0.6 is 35.0 Å². The summed E-state index contributed by atoms with van der Waals surface area (Å²) in [5.74, 6) is 1.14. The molecule has 3 aromatic rings. The highest BCUT2D eigenvalue weighted by atomic mass is 35.5. The normalized spacial score (nSPS) is 11.3. The van der Waals surface area contributed by atoms with Crippen molar-refractivity contribution in [2.24, 2.45) is 5.73 Å². The van der Waals surface area contributed by atoms with Crippen LogP contribution in [0.25, 0.3) is 0 Å². The van der Waals surface area contributed by atoms with E-state index in [-0.39, 0.29) is 5.92 Å². The summed E-state index contributed by atoms with van der Waals surface area (Å²) in [4.78, 5) is 9.87. The van der Waals surface area contributed by atoms with Crippen molar-refractivity contribution in [3.8, 4) is 0 Å². The largest absolute Gasteiger partial charge is 0.324 e. The van der Waals surface area contributed by atoms with Crippen molar-refractivity contribution in [2.75, 3.05) is 0 Å². The molecule has 2 aromatic heterocycles. The van der Waals surface area contributed by atoms with Crippen LogP contribution < -0.4 is 5.73 Å². The van der Waals surface area contributed by atoms with E-state index in [0.29, 0.717) is 23.1 Å². The van der Waals surface area contributed by atoms with Gasteiger partial charge < -0.3 is 10.3 Å². The third-order valence-electron chi connectivity index (χ3n) is 3.90. The van der Waals surface area contributed by atoms with Crippen molar-refractivity contribution in [1.29, 1.82) is 0 Å². The number of rotatable bonds is 6. The minimum atomic E-state index is 0.274. The van der Waals surface area contributed by atoms with Crippen molar-refractivity contribution in [3.05, 3.63) is 69.9 Å². The Morgan fingerprint density at radius 3 is 2.35 bits per heavy atom. The van der Waals surface area contributed by atoms with Gasteiger partial charge in [-0.2, -0.15) is 0 Å². The van der Waals surface area contributed by atoms with Crippen LogP contribution in [0, 0.1) is 0 Å². The number of benzene rings is 1. The fourth-order valence-electron chi connectivity index (χ4n) is 2.67. The van der Waals surface area contributed by atoms with E-state index in [9.17, 15) is 0 Å². The number of aromatic nitrogens is 3. The van der Waals surface area contributed by atoms with Gasteiger partial charge in [-0.1, -0.05) is 48.8 Å². The van der Waals surface area contributed by atoms with Crippen LogP contribution in [0.15, 0.2) is 52.6 Å².